The van der Waals surface area contributed by atoms with Crippen molar-refractivity contribution in [2.24, 2.45) is 12.2 Å². The summed E-state index contributed by atoms with van der Waals surface area (Å²) in [6.07, 6.45) is -0.724. The molecule has 1 fully saturated rings. The summed E-state index contributed by atoms with van der Waals surface area (Å²) in [5.74, 6) is 0.662. The average Bonchev–Trinajstić information content (AvgIpc) is 2.78. The molecule has 1 aliphatic rings. The second kappa shape index (κ2) is 8.17. The molecule has 1 amide bonds. The van der Waals surface area contributed by atoms with Gasteiger partial charge in [0.2, 0.25) is 0 Å². The Balaban J connectivity index is 2.19. The summed E-state index contributed by atoms with van der Waals surface area (Å²) in [6.45, 7) is 5.52. The summed E-state index contributed by atoms with van der Waals surface area (Å²) in [6, 6.07) is 7.59. The van der Waals surface area contributed by atoms with E-state index in [0.717, 1.165) is 37.1 Å². The van der Waals surface area contributed by atoms with Crippen LogP contribution in [0.3, 0.4) is 0 Å². The summed E-state index contributed by atoms with van der Waals surface area (Å²) in [7, 11) is 3.73. The zero-order valence-corrected chi connectivity index (χ0v) is 15.8. The zero-order chi connectivity index (χ0) is 19.4. The van der Waals surface area contributed by atoms with Gasteiger partial charge in [-0.3, -0.25) is 9.63 Å². The van der Waals surface area contributed by atoms with E-state index in [1.165, 1.54) is 4.57 Å². The van der Waals surface area contributed by atoms with E-state index < -0.39 is 11.7 Å². The fourth-order valence-electron chi connectivity index (χ4n) is 3.00. The number of piperazine rings is 1. The number of rotatable bonds is 3. The van der Waals surface area contributed by atoms with Gasteiger partial charge in [-0.15, -0.1) is 0 Å². The maximum Gasteiger partial charge on any atom is 0.433 e. The van der Waals surface area contributed by atoms with Crippen molar-refractivity contribution in [3.63, 3.8) is 0 Å². The molecular weight excluding hydrogens is 348 g/mol. The number of nitrogens with zero attached hydrogens (tertiary/aromatic N) is 5. The monoisotopic (exact) mass is 372 g/mol. The molecule has 0 atom stereocenters. The Kier molecular flexibility index (Phi) is 5.70. The van der Waals surface area contributed by atoms with Crippen LogP contribution in [-0.2, 0) is 11.9 Å². The van der Waals surface area contributed by atoms with Gasteiger partial charge in [-0.2, -0.15) is 0 Å². The number of nitrogens with one attached hydrogen (secondary N) is 1. The van der Waals surface area contributed by atoms with Gasteiger partial charge in [-0.25, -0.2) is 9.78 Å². The molecule has 27 heavy (non-hydrogen) atoms. The predicted molar refractivity (Wildman–Crippen MR) is 102 cm³/mol. The molecule has 3 rings (SSSR count). The molecule has 1 aromatic carbocycles. The summed E-state index contributed by atoms with van der Waals surface area (Å²) in [5, 5.41) is 7.04. The number of likely N-dealkylation sites (N-methyl/N-ethyl adjacent to an activating group) is 1. The first-order valence-corrected chi connectivity index (χ1v) is 8.93. The number of para-hydroxylation sites is 1. The van der Waals surface area contributed by atoms with Crippen molar-refractivity contribution >= 4 is 22.8 Å². The highest BCUT2D eigenvalue weighted by atomic mass is 16.7. The molecule has 1 aliphatic heterocycles. The summed E-state index contributed by atoms with van der Waals surface area (Å²) < 4.78 is 1.47. The van der Waals surface area contributed by atoms with Gasteiger partial charge in [0.15, 0.2) is 0 Å². The number of anilines is 1. The van der Waals surface area contributed by atoms with Gasteiger partial charge in [0.25, 0.3) is 11.0 Å². The van der Waals surface area contributed by atoms with Crippen LogP contribution in [0, 0.1) is 0 Å². The lowest BCUT2D eigenvalue weighted by Gasteiger charge is -2.33. The van der Waals surface area contributed by atoms with Crippen molar-refractivity contribution in [1.29, 1.82) is 0 Å². The van der Waals surface area contributed by atoms with E-state index in [2.05, 4.69) is 32.3 Å². The molecule has 0 bridgehead atoms. The molecule has 0 saturated carbocycles. The number of carbonyl (C=O) groups excluding carboxylic acids is 1. The highest BCUT2D eigenvalue weighted by molar-refractivity contribution is 5.89. The number of carbonyl (C=O) groups is 1. The Morgan fingerprint density at radius 2 is 1.93 bits per heavy atom. The second-order valence-corrected chi connectivity index (χ2v) is 6.43. The van der Waals surface area contributed by atoms with E-state index in [-0.39, 0.29) is 5.49 Å². The Labute approximate surface area is 156 Å². The van der Waals surface area contributed by atoms with E-state index in [0.29, 0.717) is 12.4 Å². The number of aromatic nitrogens is 2. The molecule has 1 saturated heterocycles. The Bertz CT molecular complexity index is 963. The molecule has 0 radical (unpaired) electrons. The van der Waals surface area contributed by atoms with Crippen molar-refractivity contribution < 1.29 is 9.63 Å². The minimum atomic E-state index is -0.724. The largest absolute Gasteiger partial charge is 0.433 e. The van der Waals surface area contributed by atoms with Gasteiger partial charge in [-0.05, 0) is 31.3 Å². The van der Waals surface area contributed by atoms with Crippen molar-refractivity contribution in [1.82, 2.24) is 19.8 Å². The fraction of sp³-hybridized carbons (Fsp3) is 0.444. The molecule has 1 N–H and O–H groups in total. The van der Waals surface area contributed by atoms with Gasteiger partial charge in [0.05, 0.1) is 5.52 Å². The number of fused-ring (bicyclic) bond motifs is 1. The van der Waals surface area contributed by atoms with Crippen LogP contribution in [0.15, 0.2) is 34.2 Å². The highest BCUT2D eigenvalue weighted by Crippen LogP contribution is 2.22. The van der Waals surface area contributed by atoms with Crippen LogP contribution in [0.2, 0.25) is 0 Å². The Hall–Kier alpha value is -2.94. The van der Waals surface area contributed by atoms with E-state index in [9.17, 15) is 9.59 Å². The van der Waals surface area contributed by atoms with Crippen molar-refractivity contribution in [2.45, 2.75) is 6.92 Å². The molecule has 144 valence electrons. The van der Waals surface area contributed by atoms with E-state index >= 15 is 0 Å². The number of amides is 1. The molecule has 9 heteroatoms. The topological polar surface area (TPSA) is 92.1 Å². The lowest BCUT2D eigenvalue weighted by Crippen LogP contribution is -2.45. The lowest BCUT2D eigenvalue weighted by molar-refractivity contribution is 0.145. The first-order valence-electron chi connectivity index (χ1n) is 8.93. The molecular formula is C18H24N6O3. The fourth-order valence-corrected chi connectivity index (χ4v) is 3.00. The van der Waals surface area contributed by atoms with Crippen molar-refractivity contribution in [3.8, 4) is 0 Å². The van der Waals surface area contributed by atoms with E-state index in [1.807, 2.05) is 24.3 Å². The van der Waals surface area contributed by atoms with Gasteiger partial charge < -0.3 is 19.7 Å². The smallest absolute Gasteiger partial charge is 0.353 e. The summed E-state index contributed by atoms with van der Waals surface area (Å²) in [5.41, 5.74) is 0.146. The molecule has 0 unspecified atom stereocenters. The Morgan fingerprint density at radius 3 is 2.63 bits per heavy atom. The van der Waals surface area contributed by atoms with Crippen LogP contribution in [0.5, 0.6) is 0 Å². The SMILES string of the molecule is CCNC(=O)O/N=c1/nc(N2CCN(C)CC2)c2ccccc2n(C)c1=O. The maximum atomic E-state index is 12.8. The summed E-state index contributed by atoms with van der Waals surface area (Å²) >= 11 is 0. The first kappa shape index (κ1) is 18.8. The Morgan fingerprint density at radius 1 is 1.22 bits per heavy atom. The predicted octanol–water partition coefficient (Wildman–Crippen LogP) is 0.247. The minimum Gasteiger partial charge on any atom is -0.353 e. The molecule has 9 nitrogen and oxygen atoms in total. The van der Waals surface area contributed by atoms with E-state index in [4.69, 9.17) is 4.84 Å². The van der Waals surface area contributed by atoms with Crippen molar-refractivity contribution in [2.75, 3.05) is 44.7 Å². The third kappa shape index (κ3) is 4.08. The first-order chi connectivity index (χ1) is 13.0. The summed E-state index contributed by atoms with van der Waals surface area (Å²) in [4.78, 5) is 38.1. The van der Waals surface area contributed by atoms with Crippen molar-refractivity contribution in [3.05, 3.63) is 40.1 Å². The normalized spacial score (nSPS) is 15.8. The van der Waals surface area contributed by atoms with Crippen LogP contribution in [-0.4, -0.2) is 60.3 Å². The molecule has 0 aliphatic carbocycles. The average molecular weight is 372 g/mol. The lowest BCUT2D eigenvalue weighted by atomic mass is 10.2. The van der Waals surface area contributed by atoms with Crippen LogP contribution in [0.25, 0.3) is 10.9 Å². The molecule has 2 aromatic rings. The number of hydrogen-bond acceptors (Lipinski definition) is 7. The van der Waals surface area contributed by atoms with Gasteiger partial charge >= 0.3 is 6.09 Å². The quantitative estimate of drug-likeness (QED) is 0.613. The molecule has 2 heterocycles. The van der Waals surface area contributed by atoms with Gasteiger partial charge in [-0.1, -0.05) is 12.1 Å². The van der Waals surface area contributed by atoms with Crippen LogP contribution in [0.1, 0.15) is 6.92 Å². The number of benzene rings is 1. The third-order valence-electron chi connectivity index (χ3n) is 4.55. The zero-order valence-electron chi connectivity index (χ0n) is 15.8. The van der Waals surface area contributed by atoms with E-state index in [1.54, 1.807) is 14.0 Å². The maximum absolute atomic E-state index is 12.8. The van der Waals surface area contributed by atoms with Gasteiger partial charge in [0.1, 0.15) is 5.82 Å². The van der Waals surface area contributed by atoms with Gasteiger partial charge in [0, 0.05) is 45.2 Å². The second-order valence-electron chi connectivity index (χ2n) is 6.43. The number of aryl methyl sites for hydroxylation is 1. The molecule has 1 aromatic heterocycles. The minimum absolute atomic E-state index is 0.158. The van der Waals surface area contributed by atoms with Crippen LogP contribution < -0.4 is 21.3 Å². The van der Waals surface area contributed by atoms with Crippen LogP contribution >= 0.6 is 0 Å². The number of hydrogen-bond donors (Lipinski definition) is 1. The standard InChI is InChI=1S/C18H24N6O3/c1-4-19-18(26)27-21-15-17(25)23(3)14-8-6-5-7-13(14)16(20-15)24-11-9-22(2)10-12-24/h5-8H,4,9-12H2,1-3H3,(H,19,26)/b21-15+. The third-order valence-corrected chi connectivity index (χ3v) is 4.55. The van der Waals surface area contributed by atoms with Crippen LogP contribution in [0.4, 0.5) is 10.6 Å². The molecule has 0 spiro atoms. The highest BCUT2D eigenvalue weighted by Gasteiger charge is 2.19.